The lowest BCUT2D eigenvalue weighted by Crippen LogP contribution is -2.41. The van der Waals surface area contributed by atoms with E-state index in [4.69, 9.17) is 13.9 Å². The van der Waals surface area contributed by atoms with Gasteiger partial charge >= 0.3 is 0 Å². The Bertz CT molecular complexity index is 1390. The molecule has 0 saturated carbocycles. The molecule has 1 fully saturated rings. The van der Waals surface area contributed by atoms with E-state index in [1.807, 2.05) is 54.6 Å². The fourth-order valence-electron chi connectivity index (χ4n) is 4.50. The highest BCUT2D eigenvalue weighted by Crippen LogP contribution is 2.37. The summed E-state index contributed by atoms with van der Waals surface area (Å²) in [5.41, 5.74) is 2.30. The Morgan fingerprint density at radius 1 is 0.974 bits per heavy atom. The maximum absolute atomic E-state index is 10.00. The summed E-state index contributed by atoms with van der Waals surface area (Å²) in [6.45, 7) is 2.09. The number of benzene rings is 2. The lowest BCUT2D eigenvalue weighted by Gasteiger charge is -2.38. The summed E-state index contributed by atoms with van der Waals surface area (Å²) in [6.07, 6.45) is 2.25. The second-order valence-corrected chi connectivity index (χ2v) is 10.1. The van der Waals surface area contributed by atoms with Crippen LogP contribution in [0.2, 0.25) is 0 Å². The molecule has 10 heteroatoms. The fourth-order valence-corrected chi connectivity index (χ4v) is 4.92. The van der Waals surface area contributed by atoms with Gasteiger partial charge in [-0.1, -0.05) is 46.3 Å². The molecule has 1 aliphatic rings. The number of piperidine rings is 1. The average Bonchev–Trinajstić information content (AvgIpc) is 3.44. The zero-order valence-corrected chi connectivity index (χ0v) is 22.6. The van der Waals surface area contributed by atoms with E-state index < -0.39 is 0 Å². The van der Waals surface area contributed by atoms with Gasteiger partial charge in [-0.15, -0.1) is 20.4 Å². The van der Waals surface area contributed by atoms with Gasteiger partial charge in [-0.3, -0.25) is 0 Å². The van der Waals surface area contributed by atoms with E-state index in [9.17, 15) is 5.26 Å². The molecule has 0 unspecified atom stereocenters. The largest absolute Gasteiger partial charge is 0.497 e. The van der Waals surface area contributed by atoms with Crippen LogP contribution in [0, 0.1) is 16.7 Å². The maximum Gasteiger partial charge on any atom is 0.268 e. The Balaban J connectivity index is 1.15. The fraction of sp³-hybridized carbons (Fsp3) is 0.321. The molecule has 1 aliphatic heterocycles. The van der Waals surface area contributed by atoms with Crippen molar-refractivity contribution in [3.8, 4) is 23.4 Å². The SMILES string of the molecule is COc1ccc(COCc2nnc(-c3ccc(N4CCC(C#N)(Cc5ccccc5Br)CC4)nn3)o2)cc1. The summed E-state index contributed by atoms with van der Waals surface area (Å²) < 4.78 is 17.6. The summed E-state index contributed by atoms with van der Waals surface area (Å²) in [5.74, 6) is 2.23. The van der Waals surface area contributed by atoms with Crippen molar-refractivity contribution >= 4 is 21.7 Å². The van der Waals surface area contributed by atoms with Crippen molar-refractivity contribution in [3.05, 3.63) is 82.2 Å². The van der Waals surface area contributed by atoms with Crippen LogP contribution in [0.3, 0.4) is 0 Å². The molecular formula is C28H27BrN6O3. The second kappa shape index (κ2) is 11.7. The molecule has 9 nitrogen and oxygen atoms in total. The Kier molecular flexibility index (Phi) is 7.96. The molecule has 38 heavy (non-hydrogen) atoms. The molecule has 0 N–H and O–H groups in total. The molecule has 0 aliphatic carbocycles. The highest BCUT2D eigenvalue weighted by molar-refractivity contribution is 9.10. The van der Waals surface area contributed by atoms with Gasteiger partial charge in [0.2, 0.25) is 5.89 Å². The van der Waals surface area contributed by atoms with E-state index in [1.54, 1.807) is 7.11 Å². The molecule has 0 spiro atoms. The number of anilines is 1. The number of aromatic nitrogens is 4. The smallest absolute Gasteiger partial charge is 0.268 e. The highest BCUT2D eigenvalue weighted by atomic mass is 79.9. The quantitative estimate of drug-likeness (QED) is 0.260. The molecule has 5 rings (SSSR count). The van der Waals surface area contributed by atoms with Gasteiger partial charge in [0.25, 0.3) is 5.89 Å². The maximum atomic E-state index is 10.00. The molecule has 0 amide bonds. The number of nitrogens with zero attached hydrogens (tertiary/aromatic N) is 6. The lowest BCUT2D eigenvalue weighted by atomic mass is 9.75. The summed E-state index contributed by atoms with van der Waals surface area (Å²) in [7, 11) is 1.64. The molecule has 194 valence electrons. The first-order valence-electron chi connectivity index (χ1n) is 12.3. The van der Waals surface area contributed by atoms with Crippen LogP contribution in [-0.4, -0.2) is 40.6 Å². The van der Waals surface area contributed by atoms with Gasteiger partial charge in [0.15, 0.2) is 5.82 Å². The Morgan fingerprint density at radius 3 is 2.45 bits per heavy atom. The number of nitriles is 1. The van der Waals surface area contributed by atoms with Gasteiger partial charge in [-0.2, -0.15) is 5.26 Å². The second-order valence-electron chi connectivity index (χ2n) is 9.27. The molecular weight excluding hydrogens is 548 g/mol. The molecule has 1 saturated heterocycles. The Morgan fingerprint density at radius 2 is 1.76 bits per heavy atom. The predicted molar refractivity (Wildman–Crippen MR) is 144 cm³/mol. The standard InChI is InChI=1S/C28H27BrN6O3/c1-36-22-8-6-20(7-9-22)17-37-18-26-33-34-27(38-26)24-10-11-25(32-31-24)35-14-12-28(19-30,13-15-35)16-21-4-2-3-5-23(21)29/h2-11H,12-18H2,1H3. The van der Waals surface area contributed by atoms with Crippen LogP contribution < -0.4 is 9.64 Å². The normalized spacial score (nSPS) is 14.7. The van der Waals surface area contributed by atoms with Gasteiger partial charge < -0.3 is 18.8 Å². The first kappa shape index (κ1) is 25.8. The number of hydrogen-bond acceptors (Lipinski definition) is 9. The van der Waals surface area contributed by atoms with E-state index in [-0.39, 0.29) is 12.0 Å². The van der Waals surface area contributed by atoms with Crippen LogP contribution >= 0.6 is 15.9 Å². The zero-order valence-electron chi connectivity index (χ0n) is 21.0. The number of methoxy groups -OCH3 is 1. The van der Waals surface area contributed by atoms with Gasteiger partial charge in [0.1, 0.15) is 18.1 Å². The van der Waals surface area contributed by atoms with Crippen molar-refractivity contribution in [2.75, 3.05) is 25.1 Å². The molecule has 0 radical (unpaired) electrons. The molecule has 2 aromatic heterocycles. The van der Waals surface area contributed by atoms with Crippen molar-refractivity contribution in [2.24, 2.45) is 5.41 Å². The first-order chi connectivity index (χ1) is 18.6. The molecule has 4 aromatic rings. The zero-order chi connectivity index (χ0) is 26.4. The van der Waals surface area contributed by atoms with E-state index in [0.717, 1.165) is 59.5 Å². The van der Waals surface area contributed by atoms with Crippen LogP contribution in [0.5, 0.6) is 5.75 Å². The Hall–Kier alpha value is -3.81. The minimum absolute atomic E-state index is 0.193. The van der Waals surface area contributed by atoms with E-state index in [2.05, 4.69) is 53.4 Å². The topological polar surface area (TPSA) is 110 Å². The third kappa shape index (κ3) is 6.01. The summed E-state index contributed by atoms with van der Waals surface area (Å²) in [5, 5.41) is 26.8. The van der Waals surface area contributed by atoms with Crippen LogP contribution in [-0.2, 0) is 24.4 Å². The Labute approximate surface area is 229 Å². The van der Waals surface area contributed by atoms with Crippen molar-refractivity contribution < 1.29 is 13.9 Å². The molecule has 2 aromatic carbocycles. The van der Waals surface area contributed by atoms with Crippen LogP contribution in [0.1, 0.15) is 29.9 Å². The van der Waals surface area contributed by atoms with Crippen molar-refractivity contribution in [3.63, 3.8) is 0 Å². The minimum atomic E-state index is -0.386. The minimum Gasteiger partial charge on any atom is -0.497 e. The number of ether oxygens (including phenoxy) is 2. The third-order valence-corrected chi connectivity index (χ3v) is 7.53. The predicted octanol–water partition coefficient (Wildman–Crippen LogP) is 5.37. The number of rotatable bonds is 9. The summed E-state index contributed by atoms with van der Waals surface area (Å²) in [6, 6.07) is 22.1. The van der Waals surface area contributed by atoms with Gasteiger partial charge in [0.05, 0.1) is 25.2 Å². The first-order valence-corrected chi connectivity index (χ1v) is 13.1. The lowest BCUT2D eigenvalue weighted by molar-refractivity contribution is 0.0898. The summed E-state index contributed by atoms with van der Waals surface area (Å²) in [4.78, 5) is 2.17. The van der Waals surface area contributed by atoms with E-state index >= 15 is 0 Å². The van der Waals surface area contributed by atoms with Crippen molar-refractivity contribution in [2.45, 2.75) is 32.5 Å². The molecule has 0 bridgehead atoms. The van der Waals surface area contributed by atoms with Crippen LogP contribution in [0.25, 0.3) is 11.6 Å². The van der Waals surface area contributed by atoms with Crippen LogP contribution in [0.15, 0.2) is 69.6 Å². The summed E-state index contributed by atoms with van der Waals surface area (Å²) >= 11 is 3.61. The van der Waals surface area contributed by atoms with Gasteiger partial charge in [0, 0.05) is 17.6 Å². The monoisotopic (exact) mass is 574 g/mol. The highest BCUT2D eigenvalue weighted by Gasteiger charge is 2.36. The van der Waals surface area contributed by atoms with Crippen molar-refractivity contribution in [1.29, 1.82) is 5.26 Å². The van der Waals surface area contributed by atoms with Crippen LogP contribution in [0.4, 0.5) is 5.82 Å². The van der Waals surface area contributed by atoms with E-state index in [1.165, 1.54) is 0 Å². The average molecular weight is 575 g/mol. The van der Waals surface area contributed by atoms with Crippen molar-refractivity contribution in [1.82, 2.24) is 20.4 Å². The third-order valence-electron chi connectivity index (χ3n) is 6.76. The number of halogens is 1. The van der Waals surface area contributed by atoms with Gasteiger partial charge in [-0.25, -0.2) is 0 Å². The molecule has 3 heterocycles. The van der Waals surface area contributed by atoms with E-state index in [0.29, 0.717) is 24.1 Å². The number of hydrogen-bond donors (Lipinski definition) is 0. The van der Waals surface area contributed by atoms with Gasteiger partial charge in [-0.05, 0) is 60.7 Å². The molecule has 0 atom stereocenters.